The fraction of sp³-hybridized carbons (Fsp3) is 0.154. The predicted octanol–water partition coefficient (Wildman–Crippen LogP) is 3.17. The highest BCUT2D eigenvalue weighted by Crippen LogP contribution is 2.24. The van der Waals surface area contributed by atoms with Crippen molar-refractivity contribution in [3.05, 3.63) is 53.9 Å². The summed E-state index contributed by atoms with van der Waals surface area (Å²) in [6.45, 7) is 1.81. The lowest BCUT2D eigenvalue weighted by Gasteiger charge is -2.08. The zero-order chi connectivity index (χ0) is 13.1. The van der Waals surface area contributed by atoms with Gasteiger partial charge in [-0.05, 0) is 31.2 Å². The molecular weight excluding hydrogens is 238 g/mol. The highest BCUT2D eigenvalue weighted by Gasteiger charge is 2.07. The van der Waals surface area contributed by atoms with Gasteiger partial charge in [-0.2, -0.15) is 0 Å². The summed E-state index contributed by atoms with van der Waals surface area (Å²) in [5, 5.41) is 0. The standard InChI is InChI=1S/C13H12F2N2O/c1-8(16)12-4-3-10(7-17-12)18-13-5-2-9(14)6-11(13)15/h2-8H,16H2,1H3/t8-/m0/s1. The monoisotopic (exact) mass is 250 g/mol. The third-order valence-corrected chi connectivity index (χ3v) is 2.35. The van der Waals surface area contributed by atoms with E-state index in [0.29, 0.717) is 11.4 Å². The van der Waals surface area contributed by atoms with Crippen LogP contribution in [0, 0.1) is 11.6 Å². The molecule has 1 aromatic heterocycles. The van der Waals surface area contributed by atoms with Crippen LogP contribution >= 0.6 is 0 Å². The first-order valence-corrected chi connectivity index (χ1v) is 5.40. The number of nitrogens with two attached hydrogens (primary N) is 1. The van der Waals surface area contributed by atoms with E-state index in [-0.39, 0.29) is 11.8 Å². The molecule has 0 radical (unpaired) electrons. The highest BCUT2D eigenvalue weighted by atomic mass is 19.1. The van der Waals surface area contributed by atoms with E-state index < -0.39 is 11.6 Å². The lowest BCUT2D eigenvalue weighted by Crippen LogP contribution is -2.06. The summed E-state index contributed by atoms with van der Waals surface area (Å²) in [5.74, 6) is -1.09. The van der Waals surface area contributed by atoms with Crippen LogP contribution in [-0.2, 0) is 0 Å². The second-order valence-electron chi connectivity index (χ2n) is 3.88. The van der Waals surface area contributed by atoms with E-state index in [1.54, 1.807) is 12.1 Å². The first-order chi connectivity index (χ1) is 8.56. The van der Waals surface area contributed by atoms with Crippen LogP contribution in [0.1, 0.15) is 18.7 Å². The minimum atomic E-state index is -0.758. The summed E-state index contributed by atoms with van der Waals surface area (Å²) < 4.78 is 31.3. The van der Waals surface area contributed by atoms with Gasteiger partial charge in [0.15, 0.2) is 11.6 Å². The number of hydrogen-bond acceptors (Lipinski definition) is 3. The first-order valence-electron chi connectivity index (χ1n) is 5.40. The number of hydrogen-bond donors (Lipinski definition) is 1. The molecule has 0 unspecified atom stereocenters. The van der Waals surface area contributed by atoms with Crippen LogP contribution in [0.25, 0.3) is 0 Å². The molecule has 0 aliphatic rings. The van der Waals surface area contributed by atoms with Crippen molar-refractivity contribution < 1.29 is 13.5 Å². The molecule has 0 bridgehead atoms. The number of pyridine rings is 1. The molecule has 18 heavy (non-hydrogen) atoms. The number of benzene rings is 1. The van der Waals surface area contributed by atoms with Crippen LogP contribution < -0.4 is 10.5 Å². The number of rotatable bonds is 3. The van der Waals surface area contributed by atoms with Gasteiger partial charge in [-0.15, -0.1) is 0 Å². The summed E-state index contributed by atoms with van der Waals surface area (Å²) in [6.07, 6.45) is 1.45. The van der Waals surface area contributed by atoms with Crippen LogP contribution in [0.4, 0.5) is 8.78 Å². The SMILES string of the molecule is C[C@H](N)c1ccc(Oc2ccc(F)cc2F)cn1. The van der Waals surface area contributed by atoms with Crippen LogP contribution in [0.2, 0.25) is 0 Å². The lowest BCUT2D eigenvalue weighted by atomic mass is 10.2. The molecule has 0 saturated carbocycles. The Morgan fingerprint density at radius 1 is 1.22 bits per heavy atom. The highest BCUT2D eigenvalue weighted by molar-refractivity contribution is 5.31. The minimum absolute atomic E-state index is 0.0493. The first kappa shape index (κ1) is 12.4. The molecule has 1 atom stereocenters. The maximum absolute atomic E-state index is 13.3. The van der Waals surface area contributed by atoms with Crippen molar-refractivity contribution in [2.75, 3.05) is 0 Å². The van der Waals surface area contributed by atoms with Crippen molar-refractivity contribution in [1.29, 1.82) is 0 Å². The molecule has 94 valence electrons. The number of ether oxygens (including phenoxy) is 1. The Kier molecular flexibility index (Phi) is 3.53. The zero-order valence-corrected chi connectivity index (χ0v) is 9.73. The molecule has 1 aromatic carbocycles. The summed E-state index contributed by atoms with van der Waals surface area (Å²) in [6, 6.07) is 6.27. The second-order valence-corrected chi connectivity index (χ2v) is 3.88. The molecular formula is C13H12F2N2O. The Morgan fingerprint density at radius 2 is 2.00 bits per heavy atom. The molecule has 2 N–H and O–H groups in total. The van der Waals surface area contributed by atoms with Crippen LogP contribution in [-0.4, -0.2) is 4.98 Å². The largest absolute Gasteiger partial charge is 0.453 e. The van der Waals surface area contributed by atoms with Gasteiger partial charge in [-0.25, -0.2) is 8.78 Å². The van der Waals surface area contributed by atoms with E-state index in [1.165, 1.54) is 12.3 Å². The van der Waals surface area contributed by atoms with Crippen molar-refractivity contribution in [3.63, 3.8) is 0 Å². The van der Waals surface area contributed by atoms with Gasteiger partial charge in [0.05, 0.1) is 11.9 Å². The van der Waals surface area contributed by atoms with E-state index in [0.717, 1.165) is 12.1 Å². The van der Waals surface area contributed by atoms with Crippen LogP contribution in [0.15, 0.2) is 36.5 Å². The van der Waals surface area contributed by atoms with E-state index in [1.807, 2.05) is 6.92 Å². The number of aromatic nitrogens is 1. The third-order valence-electron chi connectivity index (χ3n) is 2.35. The Balaban J connectivity index is 2.18. The maximum Gasteiger partial charge on any atom is 0.168 e. The number of nitrogens with zero attached hydrogens (tertiary/aromatic N) is 1. The van der Waals surface area contributed by atoms with Crippen molar-refractivity contribution in [1.82, 2.24) is 4.98 Å². The average molecular weight is 250 g/mol. The van der Waals surface area contributed by atoms with Crippen LogP contribution in [0.5, 0.6) is 11.5 Å². The smallest absolute Gasteiger partial charge is 0.168 e. The van der Waals surface area contributed by atoms with E-state index in [2.05, 4.69) is 4.98 Å². The molecule has 0 spiro atoms. The van der Waals surface area contributed by atoms with E-state index in [9.17, 15) is 8.78 Å². The van der Waals surface area contributed by atoms with Crippen molar-refractivity contribution in [3.8, 4) is 11.5 Å². The molecule has 0 aliphatic heterocycles. The number of halogens is 2. The molecule has 3 nitrogen and oxygen atoms in total. The predicted molar refractivity (Wildman–Crippen MR) is 63.3 cm³/mol. The van der Waals surface area contributed by atoms with Crippen molar-refractivity contribution in [2.24, 2.45) is 5.73 Å². The van der Waals surface area contributed by atoms with Gasteiger partial charge in [0, 0.05) is 12.1 Å². The second kappa shape index (κ2) is 5.10. The van der Waals surface area contributed by atoms with E-state index >= 15 is 0 Å². The Bertz CT molecular complexity index is 541. The summed E-state index contributed by atoms with van der Waals surface area (Å²) in [5.41, 5.74) is 6.36. The molecule has 0 saturated heterocycles. The van der Waals surface area contributed by atoms with Gasteiger partial charge < -0.3 is 10.5 Å². The Morgan fingerprint density at radius 3 is 2.56 bits per heavy atom. The van der Waals surface area contributed by atoms with Crippen molar-refractivity contribution >= 4 is 0 Å². The third kappa shape index (κ3) is 2.81. The average Bonchev–Trinajstić information content (AvgIpc) is 2.33. The van der Waals surface area contributed by atoms with Gasteiger partial charge in [0.2, 0.25) is 0 Å². The summed E-state index contributed by atoms with van der Waals surface area (Å²) >= 11 is 0. The Labute approximate surface area is 103 Å². The van der Waals surface area contributed by atoms with Gasteiger partial charge in [0.25, 0.3) is 0 Å². The molecule has 2 rings (SSSR count). The van der Waals surface area contributed by atoms with Crippen molar-refractivity contribution in [2.45, 2.75) is 13.0 Å². The quantitative estimate of drug-likeness (QED) is 0.910. The molecule has 1 heterocycles. The minimum Gasteiger partial charge on any atom is -0.453 e. The fourth-order valence-electron chi connectivity index (χ4n) is 1.41. The summed E-state index contributed by atoms with van der Waals surface area (Å²) in [4.78, 5) is 4.08. The zero-order valence-electron chi connectivity index (χ0n) is 9.73. The van der Waals surface area contributed by atoms with E-state index in [4.69, 9.17) is 10.5 Å². The van der Waals surface area contributed by atoms with Crippen LogP contribution in [0.3, 0.4) is 0 Å². The summed E-state index contributed by atoms with van der Waals surface area (Å²) in [7, 11) is 0. The maximum atomic E-state index is 13.3. The molecule has 5 heteroatoms. The molecule has 0 aliphatic carbocycles. The molecule has 2 aromatic rings. The van der Waals surface area contributed by atoms with Gasteiger partial charge in [0.1, 0.15) is 11.6 Å². The lowest BCUT2D eigenvalue weighted by molar-refractivity contribution is 0.435. The van der Waals surface area contributed by atoms with Gasteiger partial charge in [-0.1, -0.05) is 0 Å². The van der Waals surface area contributed by atoms with Gasteiger partial charge in [-0.3, -0.25) is 4.98 Å². The fourth-order valence-corrected chi connectivity index (χ4v) is 1.41. The molecule has 0 amide bonds. The van der Waals surface area contributed by atoms with Gasteiger partial charge >= 0.3 is 0 Å². The normalized spacial score (nSPS) is 12.2. The topological polar surface area (TPSA) is 48.1 Å². The molecule has 0 fully saturated rings. The Hall–Kier alpha value is -2.01.